The molecular formula is C11H14O3. The molecule has 0 fully saturated rings. The van der Waals surface area contributed by atoms with Gasteiger partial charge in [-0.1, -0.05) is 29.8 Å². The van der Waals surface area contributed by atoms with E-state index in [2.05, 4.69) is 0 Å². The van der Waals surface area contributed by atoms with E-state index >= 15 is 0 Å². The molecule has 2 N–H and O–H groups in total. The van der Waals surface area contributed by atoms with Crippen LogP contribution in [0.2, 0.25) is 0 Å². The number of carbonyl (C=O) groups is 1. The molecule has 1 rings (SSSR count). The number of carboxylic acid groups (broad SMARTS) is 1. The zero-order chi connectivity index (χ0) is 10.6. The van der Waals surface area contributed by atoms with E-state index < -0.39 is 11.9 Å². The Labute approximate surface area is 83.0 Å². The predicted octanol–water partition coefficient (Wildman–Crippen LogP) is 1.23. The molecular weight excluding hydrogens is 180 g/mol. The maximum Gasteiger partial charge on any atom is 0.309 e. The van der Waals surface area contributed by atoms with Crippen LogP contribution >= 0.6 is 0 Å². The number of hydrogen-bond donors (Lipinski definition) is 2. The van der Waals surface area contributed by atoms with Crippen molar-refractivity contribution >= 4 is 5.97 Å². The van der Waals surface area contributed by atoms with Crippen LogP contribution in [0, 0.1) is 12.8 Å². The van der Waals surface area contributed by atoms with E-state index in [1.165, 1.54) is 0 Å². The molecule has 1 atom stereocenters. The third kappa shape index (κ3) is 2.85. The number of aliphatic carboxylic acids is 1. The normalized spacial score (nSPS) is 12.4. The molecule has 14 heavy (non-hydrogen) atoms. The van der Waals surface area contributed by atoms with E-state index in [0.29, 0.717) is 6.42 Å². The Balaban J connectivity index is 2.72. The minimum Gasteiger partial charge on any atom is -0.481 e. The second-order valence-corrected chi connectivity index (χ2v) is 3.41. The van der Waals surface area contributed by atoms with Crippen molar-refractivity contribution < 1.29 is 15.0 Å². The molecule has 0 aliphatic carbocycles. The molecule has 0 aliphatic rings. The first-order chi connectivity index (χ1) is 6.63. The van der Waals surface area contributed by atoms with Gasteiger partial charge in [0.25, 0.3) is 0 Å². The van der Waals surface area contributed by atoms with Crippen LogP contribution in [0.15, 0.2) is 24.3 Å². The molecule has 0 amide bonds. The van der Waals surface area contributed by atoms with E-state index in [1.54, 1.807) is 0 Å². The molecule has 0 saturated heterocycles. The number of aliphatic hydroxyl groups is 1. The fraction of sp³-hybridized carbons (Fsp3) is 0.364. The van der Waals surface area contributed by atoms with Gasteiger partial charge in [0.05, 0.1) is 12.5 Å². The highest BCUT2D eigenvalue weighted by molar-refractivity contribution is 5.70. The maximum absolute atomic E-state index is 10.7. The summed E-state index contributed by atoms with van der Waals surface area (Å²) >= 11 is 0. The third-order valence-corrected chi connectivity index (χ3v) is 2.13. The smallest absolute Gasteiger partial charge is 0.309 e. The molecule has 1 aromatic rings. The lowest BCUT2D eigenvalue weighted by Gasteiger charge is -2.09. The first-order valence-corrected chi connectivity index (χ1v) is 4.52. The molecule has 3 heteroatoms. The highest BCUT2D eigenvalue weighted by Crippen LogP contribution is 2.10. The summed E-state index contributed by atoms with van der Waals surface area (Å²) in [6.07, 6.45) is 0.382. The second kappa shape index (κ2) is 4.77. The molecule has 0 spiro atoms. The SMILES string of the molecule is Cc1cccc(CC(CO)C(=O)O)c1. The third-order valence-electron chi connectivity index (χ3n) is 2.13. The number of benzene rings is 1. The van der Waals surface area contributed by atoms with Gasteiger partial charge in [0.1, 0.15) is 0 Å². The maximum atomic E-state index is 10.7. The van der Waals surface area contributed by atoms with Crippen molar-refractivity contribution in [2.24, 2.45) is 5.92 Å². The van der Waals surface area contributed by atoms with Gasteiger partial charge in [0, 0.05) is 0 Å². The van der Waals surface area contributed by atoms with Gasteiger partial charge >= 0.3 is 5.97 Å². The van der Waals surface area contributed by atoms with Gasteiger partial charge in [-0.15, -0.1) is 0 Å². The average molecular weight is 194 g/mol. The molecule has 0 heterocycles. The van der Waals surface area contributed by atoms with E-state index in [0.717, 1.165) is 11.1 Å². The van der Waals surface area contributed by atoms with Gasteiger partial charge in [-0.05, 0) is 18.9 Å². The number of aliphatic hydroxyl groups excluding tert-OH is 1. The van der Waals surface area contributed by atoms with Crippen LogP contribution in [0.25, 0.3) is 0 Å². The van der Waals surface area contributed by atoms with Crippen molar-refractivity contribution in [1.29, 1.82) is 0 Å². The summed E-state index contributed by atoms with van der Waals surface area (Å²) in [7, 11) is 0. The molecule has 0 aromatic heterocycles. The molecule has 0 bridgehead atoms. The molecule has 0 saturated carbocycles. The lowest BCUT2D eigenvalue weighted by molar-refractivity contribution is -0.143. The van der Waals surface area contributed by atoms with Gasteiger partial charge in [-0.2, -0.15) is 0 Å². The van der Waals surface area contributed by atoms with Crippen LogP contribution in [0.1, 0.15) is 11.1 Å². The summed E-state index contributed by atoms with van der Waals surface area (Å²) in [5.41, 5.74) is 2.05. The van der Waals surface area contributed by atoms with Crippen molar-refractivity contribution in [2.75, 3.05) is 6.61 Å². The fourth-order valence-electron chi connectivity index (χ4n) is 1.35. The lowest BCUT2D eigenvalue weighted by Crippen LogP contribution is -2.20. The largest absolute Gasteiger partial charge is 0.481 e. The zero-order valence-electron chi connectivity index (χ0n) is 8.10. The fourth-order valence-corrected chi connectivity index (χ4v) is 1.35. The highest BCUT2D eigenvalue weighted by atomic mass is 16.4. The Hall–Kier alpha value is -1.35. The van der Waals surface area contributed by atoms with Crippen molar-refractivity contribution in [3.8, 4) is 0 Å². The summed E-state index contributed by atoms with van der Waals surface area (Å²) in [6.45, 7) is 1.64. The van der Waals surface area contributed by atoms with Gasteiger partial charge < -0.3 is 10.2 Å². The molecule has 1 unspecified atom stereocenters. The van der Waals surface area contributed by atoms with Gasteiger partial charge in [0.2, 0.25) is 0 Å². The van der Waals surface area contributed by atoms with Crippen molar-refractivity contribution in [3.63, 3.8) is 0 Å². The zero-order valence-corrected chi connectivity index (χ0v) is 8.10. The highest BCUT2D eigenvalue weighted by Gasteiger charge is 2.16. The van der Waals surface area contributed by atoms with E-state index in [-0.39, 0.29) is 6.61 Å². The van der Waals surface area contributed by atoms with Gasteiger partial charge in [0.15, 0.2) is 0 Å². The summed E-state index contributed by atoms with van der Waals surface area (Å²) in [5, 5.41) is 17.6. The van der Waals surface area contributed by atoms with Gasteiger partial charge in [-0.25, -0.2) is 0 Å². The minimum absolute atomic E-state index is 0.316. The summed E-state index contributed by atoms with van der Waals surface area (Å²) in [4.78, 5) is 10.7. The van der Waals surface area contributed by atoms with Crippen LogP contribution in [0.3, 0.4) is 0 Å². The molecule has 3 nitrogen and oxygen atoms in total. The Morgan fingerprint density at radius 2 is 2.21 bits per heavy atom. The van der Waals surface area contributed by atoms with Crippen LogP contribution < -0.4 is 0 Å². The minimum atomic E-state index is -0.950. The monoisotopic (exact) mass is 194 g/mol. The molecule has 0 radical (unpaired) electrons. The Kier molecular flexibility index (Phi) is 3.65. The summed E-state index contributed by atoms with van der Waals surface area (Å²) in [5.74, 6) is -1.65. The van der Waals surface area contributed by atoms with E-state index in [9.17, 15) is 4.79 Å². The van der Waals surface area contributed by atoms with Crippen molar-refractivity contribution in [3.05, 3.63) is 35.4 Å². The number of rotatable bonds is 4. The van der Waals surface area contributed by atoms with Crippen molar-refractivity contribution in [2.45, 2.75) is 13.3 Å². The Morgan fingerprint density at radius 1 is 1.50 bits per heavy atom. The standard InChI is InChI=1S/C11H14O3/c1-8-3-2-4-9(5-8)6-10(7-12)11(13)14/h2-5,10,12H,6-7H2,1H3,(H,13,14). The molecule has 76 valence electrons. The van der Waals surface area contributed by atoms with Crippen LogP contribution in [0.4, 0.5) is 0 Å². The molecule has 1 aromatic carbocycles. The summed E-state index contributed by atoms with van der Waals surface area (Å²) in [6, 6.07) is 7.66. The van der Waals surface area contributed by atoms with Crippen molar-refractivity contribution in [1.82, 2.24) is 0 Å². The Morgan fingerprint density at radius 3 is 2.71 bits per heavy atom. The first kappa shape index (κ1) is 10.7. The number of aryl methyl sites for hydroxylation is 1. The van der Waals surface area contributed by atoms with Crippen LogP contribution in [0.5, 0.6) is 0 Å². The predicted molar refractivity (Wildman–Crippen MR) is 53.1 cm³/mol. The van der Waals surface area contributed by atoms with Crippen LogP contribution in [-0.2, 0) is 11.2 Å². The van der Waals surface area contributed by atoms with Gasteiger partial charge in [-0.3, -0.25) is 4.79 Å². The second-order valence-electron chi connectivity index (χ2n) is 3.41. The first-order valence-electron chi connectivity index (χ1n) is 4.52. The quantitative estimate of drug-likeness (QED) is 0.758. The Bertz CT molecular complexity index is 320. The van der Waals surface area contributed by atoms with Crippen LogP contribution in [-0.4, -0.2) is 22.8 Å². The van der Waals surface area contributed by atoms with E-state index in [4.69, 9.17) is 10.2 Å². The van der Waals surface area contributed by atoms with E-state index in [1.807, 2.05) is 31.2 Å². The number of carboxylic acids is 1. The number of hydrogen-bond acceptors (Lipinski definition) is 2. The summed E-state index contributed by atoms with van der Waals surface area (Å²) < 4.78 is 0. The molecule has 0 aliphatic heterocycles. The lowest BCUT2D eigenvalue weighted by atomic mass is 9.99. The topological polar surface area (TPSA) is 57.5 Å². The average Bonchev–Trinajstić information content (AvgIpc) is 2.14.